The van der Waals surface area contributed by atoms with Crippen LogP contribution in [0.25, 0.3) is 0 Å². The number of hydrogen-bond acceptors (Lipinski definition) is 8. The first-order valence-corrected chi connectivity index (χ1v) is 11.2. The molecule has 1 atom stereocenters. The second-order valence-corrected chi connectivity index (χ2v) is 8.14. The number of rotatable bonds is 12. The van der Waals surface area contributed by atoms with Crippen molar-refractivity contribution in [3.8, 4) is 0 Å². The molecule has 1 saturated heterocycles. The lowest BCUT2D eigenvalue weighted by Crippen LogP contribution is -2.61. The van der Waals surface area contributed by atoms with Gasteiger partial charge in [0.25, 0.3) is 11.8 Å². The highest BCUT2D eigenvalue weighted by Gasteiger charge is 2.48. The van der Waals surface area contributed by atoms with Crippen LogP contribution in [-0.2, 0) is 38.7 Å². The number of allylic oxidation sites excluding steroid dienone is 1. The highest BCUT2D eigenvalue weighted by molar-refractivity contribution is 6.29. The number of carbonyl (C=O) groups is 5. The molecule has 0 saturated carbocycles. The zero-order valence-corrected chi connectivity index (χ0v) is 19.5. The number of urea groups is 1. The van der Waals surface area contributed by atoms with E-state index in [1.54, 1.807) is 30.3 Å². The third-order valence-electron chi connectivity index (χ3n) is 5.49. The lowest BCUT2D eigenvalue weighted by molar-refractivity contribution is -0.151. The van der Waals surface area contributed by atoms with E-state index in [1.807, 2.05) is 0 Å². The molecule has 0 radical (unpaired) electrons. The van der Waals surface area contributed by atoms with Gasteiger partial charge >= 0.3 is 18.0 Å². The summed E-state index contributed by atoms with van der Waals surface area (Å²) in [6.45, 7) is -1.44. The maximum absolute atomic E-state index is 13.3. The average Bonchev–Trinajstić information content (AvgIpc) is 3.29. The number of amides is 4. The molecule has 1 aliphatic rings. The summed E-state index contributed by atoms with van der Waals surface area (Å²) < 4.78 is 13.5. The van der Waals surface area contributed by atoms with Gasteiger partial charge in [-0.25, -0.2) is 19.2 Å². The molecule has 3 rings (SSSR count). The van der Waals surface area contributed by atoms with Crippen LogP contribution in [0, 0.1) is 0 Å². The van der Waals surface area contributed by atoms with Gasteiger partial charge in [-0.3, -0.25) is 23.7 Å². The van der Waals surface area contributed by atoms with Gasteiger partial charge < -0.3 is 15.3 Å². The van der Waals surface area contributed by atoms with E-state index in [2.05, 4.69) is 10.3 Å². The Hall–Kier alpha value is -4.62. The molecule has 1 aromatic carbocycles. The van der Waals surface area contributed by atoms with E-state index in [-0.39, 0.29) is 24.3 Å². The van der Waals surface area contributed by atoms with Crippen LogP contribution in [0.1, 0.15) is 30.5 Å². The normalized spacial score (nSPS) is 16.2. The number of aromatic nitrogens is 3. The Morgan fingerprint density at radius 3 is 2.35 bits per heavy atom. The van der Waals surface area contributed by atoms with E-state index in [0.29, 0.717) is 16.2 Å². The Morgan fingerprint density at radius 2 is 1.73 bits per heavy atom. The number of imide groups is 2. The summed E-state index contributed by atoms with van der Waals surface area (Å²) in [4.78, 5) is 63.6. The molecule has 196 valence electrons. The Morgan fingerprint density at radius 1 is 1.03 bits per heavy atom. The molecular formula is C23H24FN5O8. The van der Waals surface area contributed by atoms with E-state index >= 15 is 0 Å². The predicted molar refractivity (Wildman–Crippen MR) is 122 cm³/mol. The fourth-order valence-electron chi connectivity index (χ4n) is 3.71. The molecule has 0 bridgehead atoms. The van der Waals surface area contributed by atoms with Crippen molar-refractivity contribution in [1.82, 2.24) is 24.8 Å². The smallest absolute Gasteiger partial charge is 0.335 e. The molecule has 1 fully saturated rings. The summed E-state index contributed by atoms with van der Waals surface area (Å²) in [5.41, 5.74) is 0.0142. The van der Waals surface area contributed by atoms with E-state index in [9.17, 15) is 38.6 Å². The molecule has 1 aromatic heterocycles. The first-order chi connectivity index (χ1) is 17.6. The second-order valence-electron chi connectivity index (χ2n) is 8.14. The Balaban J connectivity index is 2.02. The number of aliphatic carboxylic acids is 2. The number of hydrogen-bond donors (Lipinski definition) is 3. The number of aryl methyl sites for hydroxylation is 1. The van der Waals surface area contributed by atoms with Crippen LogP contribution in [-0.4, -0.2) is 82.6 Å². The van der Waals surface area contributed by atoms with Crippen molar-refractivity contribution < 1.29 is 43.7 Å². The maximum atomic E-state index is 13.3. The molecule has 0 spiro atoms. The molecule has 1 aliphatic heterocycles. The van der Waals surface area contributed by atoms with E-state index in [0.717, 1.165) is 4.68 Å². The molecule has 0 unspecified atom stereocenters. The number of carboxylic acids is 2. The van der Waals surface area contributed by atoms with Gasteiger partial charge in [0.2, 0.25) is 0 Å². The fourth-order valence-corrected chi connectivity index (χ4v) is 3.71. The number of carboxylic acid groups (broad SMARTS) is 2. The van der Waals surface area contributed by atoms with E-state index < -0.39 is 73.2 Å². The Bertz CT molecular complexity index is 1230. The topological polar surface area (TPSA) is 183 Å². The van der Waals surface area contributed by atoms with Gasteiger partial charge in [0.15, 0.2) is 0 Å². The molecular weight excluding hydrogens is 493 g/mol. The molecule has 2 heterocycles. The van der Waals surface area contributed by atoms with Gasteiger partial charge in [-0.1, -0.05) is 35.5 Å². The van der Waals surface area contributed by atoms with Crippen LogP contribution in [0.5, 0.6) is 0 Å². The summed E-state index contributed by atoms with van der Waals surface area (Å²) >= 11 is 0. The largest absolute Gasteiger partial charge is 0.509 e. The Labute approximate surface area is 209 Å². The van der Waals surface area contributed by atoms with Crippen molar-refractivity contribution in [3.63, 3.8) is 0 Å². The lowest BCUT2D eigenvalue weighted by atomic mass is 10.0. The van der Waals surface area contributed by atoms with Gasteiger partial charge in [-0.05, 0) is 24.8 Å². The average molecular weight is 517 g/mol. The van der Waals surface area contributed by atoms with Crippen LogP contribution >= 0.6 is 0 Å². The SMILES string of the molecule is O=C(O)CC[C@@H](C(=O)O)N1C(=O)C(=C(O)Cn2cc(CCCF)nn2)C(=O)N(Cc2ccccc2)C1=O. The number of aliphatic hydroxyl groups excluding tert-OH is 1. The van der Waals surface area contributed by atoms with Crippen molar-refractivity contribution in [2.45, 2.75) is 44.8 Å². The number of alkyl halides is 1. The standard InChI is InChI=1S/C23H24FN5O8/c24-10-4-7-15-12-27(26-25-15)13-17(30)19-20(33)28(11-14-5-2-1-3-6-14)23(37)29(21(19)34)16(22(35)36)8-9-18(31)32/h1-3,5-6,12,16,30H,4,7-11,13H2,(H,31,32)(H,35,36)/t16-/m0/s1. The molecule has 3 N–H and O–H groups in total. The van der Waals surface area contributed by atoms with Crippen molar-refractivity contribution in [2.24, 2.45) is 0 Å². The quantitative estimate of drug-likeness (QED) is 0.211. The number of barbiturate groups is 1. The van der Waals surface area contributed by atoms with Crippen LogP contribution in [0.3, 0.4) is 0 Å². The Kier molecular flexibility index (Phi) is 8.66. The minimum Gasteiger partial charge on any atom is -0.509 e. The monoisotopic (exact) mass is 517 g/mol. The van der Waals surface area contributed by atoms with Gasteiger partial charge in [0.05, 0.1) is 18.9 Å². The van der Waals surface area contributed by atoms with Gasteiger partial charge in [0, 0.05) is 12.6 Å². The third-order valence-corrected chi connectivity index (χ3v) is 5.49. The molecule has 37 heavy (non-hydrogen) atoms. The predicted octanol–water partition coefficient (Wildman–Crippen LogP) is 1.30. The van der Waals surface area contributed by atoms with E-state index in [4.69, 9.17) is 5.11 Å². The summed E-state index contributed by atoms with van der Waals surface area (Å²) in [5, 5.41) is 37.0. The van der Waals surface area contributed by atoms with Crippen LogP contribution in [0.2, 0.25) is 0 Å². The highest BCUT2D eigenvalue weighted by atomic mass is 19.1. The summed E-state index contributed by atoms with van der Waals surface area (Å²) in [5.74, 6) is -6.37. The first kappa shape index (κ1) is 27.0. The second kappa shape index (κ2) is 11.9. The minimum atomic E-state index is -1.91. The molecule has 4 amide bonds. The molecule has 0 aliphatic carbocycles. The van der Waals surface area contributed by atoms with Gasteiger partial charge in [-0.15, -0.1) is 5.10 Å². The lowest BCUT2D eigenvalue weighted by Gasteiger charge is -2.37. The molecule has 14 heteroatoms. The number of benzene rings is 1. The summed E-state index contributed by atoms with van der Waals surface area (Å²) in [7, 11) is 0. The number of halogens is 1. The highest BCUT2D eigenvalue weighted by Crippen LogP contribution is 2.26. The number of carbonyl (C=O) groups excluding carboxylic acids is 3. The van der Waals surface area contributed by atoms with Gasteiger partial charge in [-0.2, -0.15) is 0 Å². The zero-order chi connectivity index (χ0) is 27.1. The molecule has 2 aromatic rings. The summed E-state index contributed by atoms with van der Waals surface area (Å²) in [6.07, 6.45) is 0.544. The van der Waals surface area contributed by atoms with Crippen LogP contribution in [0.15, 0.2) is 47.9 Å². The first-order valence-electron chi connectivity index (χ1n) is 11.2. The summed E-state index contributed by atoms with van der Waals surface area (Å²) in [6, 6.07) is 5.00. The van der Waals surface area contributed by atoms with Crippen molar-refractivity contribution in [1.29, 1.82) is 0 Å². The van der Waals surface area contributed by atoms with Crippen LogP contribution < -0.4 is 0 Å². The van der Waals surface area contributed by atoms with Crippen molar-refractivity contribution >= 4 is 29.8 Å². The maximum Gasteiger partial charge on any atom is 0.335 e. The zero-order valence-electron chi connectivity index (χ0n) is 19.5. The van der Waals surface area contributed by atoms with Crippen LogP contribution in [0.4, 0.5) is 9.18 Å². The van der Waals surface area contributed by atoms with Crippen molar-refractivity contribution in [2.75, 3.05) is 6.67 Å². The number of nitrogens with zero attached hydrogens (tertiary/aromatic N) is 5. The van der Waals surface area contributed by atoms with Gasteiger partial charge in [0.1, 0.15) is 23.9 Å². The number of aliphatic hydroxyl groups is 1. The minimum absolute atomic E-state index is 0.196. The fraction of sp³-hybridized carbons (Fsp3) is 0.348. The molecule has 13 nitrogen and oxygen atoms in total. The third kappa shape index (κ3) is 6.34. The van der Waals surface area contributed by atoms with Crippen molar-refractivity contribution in [3.05, 3.63) is 59.1 Å². The van der Waals surface area contributed by atoms with E-state index in [1.165, 1.54) is 6.20 Å².